The predicted molar refractivity (Wildman–Crippen MR) is 104 cm³/mol. The van der Waals surface area contributed by atoms with Crippen molar-refractivity contribution in [2.45, 2.75) is 43.5 Å². The summed E-state index contributed by atoms with van der Waals surface area (Å²) in [6, 6.07) is 6.13. The third kappa shape index (κ3) is 3.30. The minimum atomic E-state index is -0.624. The topological polar surface area (TPSA) is 84.0 Å². The third-order valence-corrected chi connectivity index (χ3v) is 7.14. The molecule has 2 amide bonds. The first-order valence-electron chi connectivity index (χ1n) is 9.45. The van der Waals surface area contributed by atoms with Crippen LogP contribution in [0.2, 0.25) is 0 Å². The van der Waals surface area contributed by atoms with Crippen LogP contribution in [0.4, 0.5) is 5.69 Å². The van der Waals surface area contributed by atoms with Gasteiger partial charge >= 0.3 is 5.97 Å². The van der Waals surface area contributed by atoms with E-state index in [-0.39, 0.29) is 29.1 Å². The number of fused-ring (bicyclic) bond motifs is 1. The van der Waals surface area contributed by atoms with Gasteiger partial charge in [-0.3, -0.25) is 14.4 Å². The first-order valence-corrected chi connectivity index (χ1v) is 10.4. The van der Waals surface area contributed by atoms with Gasteiger partial charge in [0, 0.05) is 36.4 Å². The first-order chi connectivity index (χ1) is 13.4. The lowest BCUT2D eigenvalue weighted by Gasteiger charge is -2.29. The van der Waals surface area contributed by atoms with Crippen molar-refractivity contribution in [1.82, 2.24) is 4.90 Å². The van der Waals surface area contributed by atoms with Crippen LogP contribution in [-0.4, -0.2) is 58.3 Å². The summed E-state index contributed by atoms with van der Waals surface area (Å²) in [6.45, 7) is 2.30. The van der Waals surface area contributed by atoms with Gasteiger partial charge < -0.3 is 14.5 Å². The highest BCUT2D eigenvalue weighted by Gasteiger charge is 2.53. The summed E-state index contributed by atoms with van der Waals surface area (Å²) in [5.74, 6) is -0.292. The molecule has 0 saturated carbocycles. The van der Waals surface area contributed by atoms with E-state index < -0.39 is 12.0 Å². The Hall–Kier alpha value is -2.35. The molecule has 3 fully saturated rings. The Kier molecular flexibility index (Phi) is 4.91. The molecule has 3 saturated heterocycles. The summed E-state index contributed by atoms with van der Waals surface area (Å²) in [5.41, 5.74) is 1.19. The van der Waals surface area contributed by atoms with Crippen LogP contribution in [0, 0.1) is 0 Å². The molecule has 8 heteroatoms. The quantitative estimate of drug-likeness (QED) is 0.553. The standard InChI is InChI=1S/C20H22N2O5S/c1-20-9-8-18(25)22(20)15(12-28-20)19(26)27-11-16(23)13-4-6-14(7-5-13)21-10-2-3-17(21)24/h4-7,15H,2-3,8-12H2,1H3/t15-,20+/m0/s1. The van der Waals surface area contributed by atoms with Gasteiger partial charge in [0.15, 0.2) is 12.4 Å². The van der Waals surface area contributed by atoms with Crippen LogP contribution in [0.1, 0.15) is 43.0 Å². The number of nitrogens with zero attached hydrogens (tertiary/aromatic N) is 2. The number of Topliss-reactive ketones (excluding diaryl/α,β-unsaturated/α-hetero) is 1. The first kappa shape index (κ1) is 19.0. The summed E-state index contributed by atoms with van der Waals surface area (Å²) in [6.07, 6.45) is 2.56. The molecule has 3 heterocycles. The zero-order valence-corrected chi connectivity index (χ0v) is 16.5. The molecule has 0 radical (unpaired) electrons. The largest absolute Gasteiger partial charge is 0.456 e. The van der Waals surface area contributed by atoms with Gasteiger partial charge in [0.25, 0.3) is 0 Å². The minimum absolute atomic E-state index is 0.0344. The van der Waals surface area contributed by atoms with Crippen LogP contribution >= 0.6 is 11.8 Å². The van der Waals surface area contributed by atoms with Crippen LogP contribution in [0.25, 0.3) is 0 Å². The zero-order chi connectivity index (χ0) is 19.9. The molecule has 28 heavy (non-hydrogen) atoms. The van der Waals surface area contributed by atoms with E-state index in [4.69, 9.17) is 4.74 Å². The van der Waals surface area contributed by atoms with E-state index in [9.17, 15) is 19.2 Å². The summed E-state index contributed by atoms with van der Waals surface area (Å²) in [4.78, 5) is 51.7. The van der Waals surface area contributed by atoms with Crippen LogP contribution in [0.3, 0.4) is 0 Å². The van der Waals surface area contributed by atoms with E-state index in [1.54, 1.807) is 45.8 Å². The number of ketones is 1. The fourth-order valence-corrected chi connectivity index (χ4v) is 5.48. The second-order valence-corrected chi connectivity index (χ2v) is 8.99. The van der Waals surface area contributed by atoms with E-state index >= 15 is 0 Å². The summed E-state index contributed by atoms with van der Waals surface area (Å²) in [7, 11) is 0. The zero-order valence-electron chi connectivity index (χ0n) is 15.7. The van der Waals surface area contributed by atoms with Gasteiger partial charge in [-0.05, 0) is 44.0 Å². The monoisotopic (exact) mass is 402 g/mol. The highest BCUT2D eigenvalue weighted by atomic mass is 32.2. The highest BCUT2D eigenvalue weighted by molar-refractivity contribution is 8.01. The number of esters is 1. The normalized spacial score (nSPS) is 26.7. The number of hydrogen-bond donors (Lipinski definition) is 0. The summed E-state index contributed by atoms with van der Waals surface area (Å²) in [5, 5.41) is 0. The summed E-state index contributed by atoms with van der Waals surface area (Å²) < 4.78 is 5.23. The van der Waals surface area contributed by atoms with E-state index in [1.165, 1.54) is 0 Å². The van der Waals surface area contributed by atoms with Crippen molar-refractivity contribution in [2.24, 2.45) is 0 Å². The van der Waals surface area contributed by atoms with Gasteiger partial charge in [-0.1, -0.05) is 0 Å². The molecule has 148 valence electrons. The van der Waals surface area contributed by atoms with Crippen molar-refractivity contribution in [3.8, 4) is 0 Å². The van der Waals surface area contributed by atoms with Gasteiger partial charge in [-0.2, -0.15) is 0 Å². The lowest BCUT2D eigenvalue weighted by Crippen LogP contribution is -2.46. The minimum Gasteiger partial charge on any atom is -0.456 e. The Balaban J connectivity index is 1.35. The fourth-order valence-electron chi connectivity index (χ4n) is 4.06. The smallest absolute Gasteiger partial charge is 0.330 e. The van der Waals surface area contributed by atoms with Crippen LogP contribution < -0.4 is 4.90 Å². The molecule has 0 spiro atoms. The van der Waals surface area contributed by atoms with Gasteiger partial charge in [-0.25, -0.2) is 4.79 Å². The average molecular weight is 402 g/mol. The van der Waals surface area contributed by atoms with Gasteiger partial charge in [0.1, 0.15) is 6.04 Å². The molecule has 0 N–H and O–H groups in total. The van der Waals surface area contributed by atoms with Gasteiger partial charge in [0.05, 0.1) is 4.87 Å². The molecular formula is C20H22N2O5S. The Morgan fingerprint density at radius 2 is 1.93 bits per heavy atom. The lowest BCUT2D eigenvalue weighted by molar-refractivity contribution is -0.152. The SMILES string of the molecule is C[C@@]12CCC(=O)N1[C@H](C(=O)OCC(=O)c1ccc(N3CCCC3=O)cc1)CS2. The number of anilines is 1. The van der Waals surface area contributed by atoms with Crippen LogP contribution in [0.15, 0.2) is 24.3 Å². The molecular weight excluding hydrogens is 380 g/mol. The van der Waals surface area contributed by atoms with Gasteiger partial charge in [-0.15, -0.1) is 11.8 Å². The molecule has 7 nitrogen and oxygen atoms in total. The molecule has 1 aromatic carbocycles. The second-order valence-electron chi connectivity index (χ2n) is 7.49. The second kappa shape index (κ2) is 7.24. The van der Waals surface area contributed by atoms with E-state index in [0.29, 0.717) is 30.7 Å². The Morgan fingerprint density at radius 3 is 2.61 bits per heavy atom. The number of carbonyl (C=O) groups excluding carboxylic acids is 4. The van der Waals surface area contributed by atoms with E-state index in [2.05, 4.69) is 0 Å². The Morgan fingerprint density at radius 1 is 1.18 bits per heavy atom. The number of hydrogen-bond acceptors (Lipinski definition) is 6. The van der Waals surface area contributed by atoms with Crippen molar-refractivity contribution in [2.75, 3.05) is 23.8 Å². The molecule has 1 aromatic rings. The fraction of sp³-hybridized carbons (Fsp3) is 0.500. The highest BCUT2D eigenvalue weighted by Crippen LogP contribution is 2.47. The van der Waals surface area contributed by atoms with Crippen molar-refractivity contribution in [3.63, 3.8) is 0 Å². The molecule has 0 aliphatic carbocycles. The van der Waals surface area contributed by atoms with Crippen LogP contribution in [-0.2, 0) is 19.1 Å². The molecule has 3 aliphatic rings. The predicted octanol–water partition coefficient (Wildman–Crippen LogP) is 1.99. The maximum absolute atomic E-state index is 12.4. The molecule has 3 aliphatic heterocycles. The molecule has 4 rings (SSSR count). The Bertz CT molecular complexity index is 840. The van der Waals surface area contributed by atoms with Crippen molar-refractivity contribution in [3.05, 3.63) is 29.8 Å². The maximum Gasteiger partial charge on any atom is 0.330 e. The van der Waals surface area contributed by atoms with Crippen molar-refractivity contribution in [1.29, 1.82) is 0 Å². The number of amides is 2. The number of rotatable bonds is 5. The lowest BCUT2D eigenvalue weighted by atomic mass is 10.1. The average Bonchev–Trinajstić information content (AvgIpc) is 3.35. The molecule has 0 aromatic heterocycles. The number of ether oxygens (including phenoxy) is 1. The van der Waals surface area contributed by atoms with E-state index in [1.807, 2.05) is 6.92 Å². The van der Waals surface area contributed by atoms with Crippen LogP contribution in [0.5, 0.6) is 0 Å². The number of benzene rings is 1. The van der Waals surface area contributed by atoms with Gasteiger partial charge in [0.2, 0.25) is 11.8 Å². The van der Waals surface area contributed by atoms with Crippen molar-refractivity contribution >= 4 is 41.0 Å². The molecule has 0 bridgehead atoms. The maximum atomic E-state index is 12.4. The summed E-state index contributed by atoms with van der Waals surface area (Å²) >= 11 is 1.59. The van der Waals surface area contributed by atoms with E-state index in [0.717, 1.165) is 18.5 Å². The third-order valence-electron chi connectivity index (χ3n) is 5.64. The molecule has 0 unspecified atom stereocenters. The molecule has 2 atom stereocenters. The van der Waals surface area contributed by atoms with Crippen molar-refractivity contribution < 1.29 is 23.9 Å². The Labute approximate surface area is 167 Å². The number of carbonyl (C=O) groups is 4. The number of thioether (sulfide) groups is 1.